The average Bonchev–Trinajstić information content (AvgIpc) is 2.49. The van der Waals surface area contributed by atoms with Crippen molar-refractivity contribution in [2.75, 3.05) is 20.8 Å². The highest BCUT2D eigenvalue weighted by Crippen LogP contribution is 2.22. The van der Waals surface area contributed by atoms with Crippen LogP contribution in [-0.2, 0) is 11.3 Å². The van der Waals surface area contributed by atoms with Crippen LogP contribution in [0.25, 0.3) is 0 Å². The van der Waals surface area contributed by atoms with Crippen molar-refractivity contribution in [2.45, 2.75) is 33.4 Å². The minimum atomic E-state index is -0.249. The molecule has 0 saturated heterocycles. The molecule has 21 heavy (non-hydrogen) atoms. The summed E-state index contributed by atoms with van der Waals surface area (Å²) in [7, 11) is 3.24. The quantitative estimate of drug-likeness (QED) is 0.769. The van der Waals surface area contributed by atoms with E-state index in [-0.39, 0.29) is 11.9 Å². The van der Waals surface area contributed by atoms with Crippen molar-refractivity contribution >= 4 is 5.91 Å². The maximum atomic E-state index is 11.9. The van der Waals surface area contributed by atoms with Crippen LogP contribution in [0.4, 0.5) is 0 Å². The van der Waals surface area contributed by atoms with Crippen molar-refractivity contribution in [3.05, 3.63) is 23.8 Å². The molecule has 0 saturated carbocycles. The third-order valence-corrected chi connectivity index (χ3v) is 3.10. The number of rotatable bonds is 8. The molecule has 5 nitrogen and oxygen atoms in total. The lowest BCUT2D eigenvalue weighted by atomic mass is 10.1. The van der Waals surface area contributed by atoms with E-state index in [1.54, 1.807) is 14.2 Å². The van der Waals surface area contributed by atoms with Crippen molar-refractivity contribution in [1.29, 1.82) is 0 Å². The highest BCUT2D eigenvalue weighted by molar-refractivity contribution is 5.81. The topological polar surface area (TPSA) is 59.6 Å². The summed E-state index contributed by atoms with van der Waals surface area (Å²) in [5.41, 5.74) is 1.01. The molecule has 5 heteroatoms. The van der Waals surface area contributed by atoms with E-state index < -0.39 is 0 Å². The van der Waals surface area contributed by atoms with Crippen LogP contribution in [0.5, 0.6) is 11.5 Å². The first kappa shape index (κ1) is 17.3. The highest BCUT2D eigenvalue weighted by Gasteiger charge is 2.12. The minimum Gasteiger partial charge on any atom is -0.497 e. The van der Waals surface area contributed by atoms with Gasteiger partial charge in [0.15, 0.2) is 0 Å². The summed E-state index contributed by atoms with van der Waals surface area (Å²) in [6.07, 6.45) is 0. The molecule has 0 spiro atoms. The summed E-state index contributed by atoms with van der Waals surface area (Å²) in [5.74, 6) is 1.94. The van der Waals surface area contributed by atoms with Gasteiger partial charge in [-0.2, -0.15) is 0 Å². The van der Waals surface area contributed by atoms with E-state index in [2.05, 4.69) is 24.5 Å². The van der Waals surface area contributed by atoms with Gasteiger partial charge in [-0.05, 0) is 30.5 Å². The van der Waals surface area contributed by atoms with Crippen LogP contribution >= 0.6 is 0 Å². The van der Waals surface area contributed by atoms with Crippen LogP contribution in [0, 0.1) is 5.92 Å². The number of nitrogens with one attached hydrogen (secondary N) is 2. The van der Waals surface area contributed by atoms with Crippen molar-refractivity contribution < 1.29 is 14.3 Å². The van der Waals surface area contributed by atoms with Crippen LogP contribution in [0.15, 0.2) is 18.2 Å². The Kier molecular flexibility index (Phi) is 7.02. The number of carbonyl (C=O) groups is 1. The SMILES string of the molecule is COc1cc(CNC(C)C(=O)NCC(C)C)cc(OC)c1. The van der Waals surface area contributed by atoms with E-state index in [1.807, 2.05) is 25.1 Å². The number of carbonyl (C=O) groups excluding carboxylic acids is 1. The summed E-state index contributed by atoms with van der Waals surface area (Å²) in [4.78, 5) is 11.9. The lowest BCUT2D eigenvalue weighted by molar-refractivity contribution is -0.122. The van der Waals surface area contributed by atoms with Crippen LogP contribution in [0.2, 0.25) is 0 Å². The van der Waals surface area contributed by atoms with Gasteiger partial charge < -0.3 is 20.1 Å². The number of benzene rings is 1. The van der Waals surface area contributed by atoms with Crippen LogP contribution in [0.1, 0.15) is 26.3 Å². The predicted molar refractivity (Wildman–Crippen MR) is 83.7 cm³/mol. The number of ether oxygens (including phenoxy) is 2. The standard InChI is InChI=1S/C16H26N2O3/c1-11(2)9-18-16(19)12(3)17-10-13-6-14(20-4)8-15(7-13)21-5/h6-8,11-12,17H,9-10H2,1-5H3,(H,18,19). The second-order valence-corrected chi connectivity index (χ2v) is 5.46. The molecule has 118 valence electrons. The Bertz CT molecular complexity index is 439. The molecule has 2 N–H and O–H groups in total. The average molecular weight is 294 g/mol. The van der Waals surface area contributed by atoms with Crippen molar-refractivity contribution in [2.24, 2.45) is 5.92 Å². The molecule has 0 bridgehead atoms. The fourth-order valence-electron chi connectivity index (χ4n) is 1.79. The molecule has 0 radical (unpaired) electrons. The summed E-state index contributed by atoms with van der Waals surface area (Å²) < 4.78 is 10.5. The fourth-order valence-corrected chi connectivity index (χ4v) is 1.79. The summed E-state index contributed by atoms with van der Waals surface area (Å²) in [6.45, 7) is 7.26. The third-order valence-electron chi connectivity index (χ3n) is 3.10. The Morgan fingerprint density at radius 1 is 1.10 bits per heavy atom. The predicted octanol–water partition coefficient (Wildman–Crippen LogP) is 1.95. The molecule has 1 aromatic rings. The van der Waals surface area contributed by atoms with Crippen molar-refractivity contribution in [1.82, 2.24) is 10.6 Å². The van der Waals surface area contributed by atoms with Gasteiger partial charge >= 0.3 is 0 Å². The molecule has 1 aromatic carbocycles. The Hall–Kier alpha value is -1.75. The minimum absolute atomic E-state index is 0.0126. The zero-order chi connectivity index (χ0) is 15.8. The molecule has 1 rings (SSSR count). The molecule has 1 unspecified atom stereocenters. The third kappa shape index (κ3) is 6.04. The highest BCUT2D eigenvalue weighted by atomic mass is 16.5. The lowest BCUT2D eigenvalue weighted by Gasteiger charge is -2.16. The van der Waals surface area contributed by atoms with Gasteiger partial charge in [-0.3, -0.25) is 4.79 Å². The molecule has 0 aliphatic rings. The number of amides is 1. The van der Waals surface area contributed by atoms with Crippen LogP contribution < -0.4 is 20.1 Å². The summed E-state index contributed by atoms with van der Waals surface area (Å²) in [6, 6.07) is 5.42. The number of hydrogen-bond donors (Lipinski definition) is 2. The second-order valence-electron chi connectivity index (χ2n) is 5.46. The van der Waals surface area contributed by atoms with E-state index in [4.69, 9.17) is 9.47 Å². The largest absolute Gasteiger partial charge is 0.497 e. The normalized spacial score (nSPS) is 12.1. The number of hydrogen-bond acceptors (Lipinski definition) is 4. The first-order chi connectivity index (χ1) is 9.96. The fraction of sp³-hybridized carbons (Fsp3) is 0.562. The molecule has 1 amide bonds. The van der Waals surface area contributed by atoms with Gasteiger partial charge in [0.25, 0.3) is 0 Å². The maximum Gasteiger partial charge on any atom is 0.236 e. The van der Waals surface area contributed by atoms with E-state index in [1.165, 1.54) is 0 Å². The first-order valence-electron chi connectivity index (χ1n) is 7.19. The molecule has 0 fully saturated rings. The Morgan fingerprint density at radius 3 is 2.14 bits per heavy atom. The Balaban J connectivity index is 2.55. The molecular weight excluding hydrogens is 268 g/mol. The van der Waals surface area contributed by atoms with Crippen molar-refractivity contribution in [3.63, 3.8) is 0 Å². The van der Waals surface area contributed by atoms with E-state index in [9.17, 15) is 4.79 Å². The zero-order valence-corrected chi connectivity index (χ0v) is 13.5. The van der Waals surface area contributed by atoms with Gasteiger partial charge in [0.05, 0.1) is 20.3 Å². The summed E-state index contributed by atoms with van der Waals surface area (Å²) in [5, 5.41) is 6.11. The molecule has 0 aliphatic carbocycles. The van der Waals surface area contributed by atoms with E-state index in [0.29, 0.717) is 19.0 Å². The van der Waals surface area contributed by atoms with Crippen LogP contribution in [-0.4, -0.2) is 32.7 Å². The lowest BCUT2D eigenvalue weighted by Crippen LogP contribution is -2.42. The summed E-state index contributed by atoms with van der Waals surface area (Å²) >= 11 is 0. The first-order valence-corrected chi connectivity index (χ1v) is 7.19. The maximum absolute atomic E-state index is 11.9. The molecular formula is C16H26N2O3. The number of methoxy groups -OCH3 is 2. The van der Waals surface area contributed by atoms with E-state index in [0.717, 1.165) is 17.1 Å². The van der Waals surface area contributed by atoms with E-state index >= 15 is 0 Å². The molecule has 0 aliphatic heterocycles. The van der Waals surface area contributed by atoms with Gasteiger partial charge in [0, 0.05) is 19.2 Å². The van der Waals surface area contributed by atoms with Gasteiger partial charge in [0.2, 0.25) is 5.91 Å². The van der Waals surface area contributed by atoms with Gasteiger partial charge in [0.1, 0.15) is 11.5 Å². The Labute approximate surface area is 127 Å². The van der Waals surface area contributed by atoms with Gasteiger partial charge in [-0.1, -0.05) is 13.8 Å². The van der Waals surface area contributed by atoms with Gasteiger partial charge in [-0.15, -0.1) is 0 Å². The monoisotopic (exact) mass is 294 g/mol. The van der Waals surface area contributed by atoms with Gasteiger partial charge in [-0.25, -0.2) is 0 Å². The second kappa shape index (κ2) is 8.52. The zero-order valence-electron chi connectivity index (χ0n) is 13.5. The van der Waals surface area contributed by atoms with Crippen LogP contribution in [0.3, 0.4) is 0 Å². The smallest absolute Gasteiger partial charge is 0.236 e. The molecule has 0 aromatic heterocycles. The molecule has 1 atom stereocenters. The molecule has 0 heterocycles. The van der Waals surface area contributed by atoms with Crippen molar-refractivity contribution in [3.8, 4) is 11.5 Å². The Morgan fingerprint density at radius 2 is 1.67 bits per heavy atom.